The van der Waals surface area contributed by atoms with Gasteiger partial charge >= 0.3 is 6.18 Å². The van der Waals surface area contributed by atoms with Gasteiger partial charge in [0.25, 0.3) is 0 Å². The van der Waals surface area contributed by atoms with Crippen molar-refractivity contribution >= 4 is 5.96 Å². The lowest BCUT2D eigenvalue weighted by Crippen LogP contribution is -2.42. The molecule has 1 heterocycles. The first-order chi connectivity index (χ1) is 11.3. The summed E-state index contributed by atoms with van der Waals surface area (Å²) in [6.45, 7) is 4.44. The van der Waals surface area contributed by atoms with Crippen LogP contribution in [0, 0.1) is 5.82 Å². The smallest absolute Gasteiger partial charge is 0.370 e. The highest BCUT2D eigenvalue weighted by Crippen LogP contribution is 2.32. The summed E-state index contributed by atoms with van der Waals surface area (Å²) in [5.74, 6) is -0.836. The highest BCUT2D eigenvalue weighted by Gasteiger charge is 2.33. The molecule has 134 valence electrons. The van der Waals surface area contributed by atoms with Gasteiger partial charge in [-0.25, -0.2) is 9.38 Å². The van der Waals surface area contributed by atoms with Crippen LogP contribution in [0.4, 0.5) is 17.6 Å². The van der Waals surface area contributed by atoms with Gasteiger partial charge in [-0.1, -0.05) is 13.0 Å². The second-order valence-electron chi connectivity index (χ2n) is 5.81. The molecule has 0 saturated carbocycles. The van der Waals surface area contributed by atoms with Gasteiger partial charge in [0, 0.05) is 12.6 Å². The fourth-order valence-corrected chi connectivity index (χ4v) is 2.94. The summed E-state index contributed by atoms with van der Waals surface area (Å²) in [4.78, 5) is 6.27. The second-order valence-corrected chi connectivity index (χ2v) is 5.81. The van der Waals surface area contributed by atoms with E-state index in [-0.39, 0.29) is 18.1 Å². The van der Waals surface area contributed by atoms with Gasteiger partial charge in [0.2, 0.25) is 0 Å². The first-order valence-corrected chi connectivity index (χ1v) is 7.94. The van der Waals surface area contributed by atoms with E-state index in [1.165, 1.54) is 0 Å². The van der Waals surface area contributed by atoms with E-state index in [1.807, 2.05) is 0 Å². The monoisotopic (exact) mass is 346 g/mol. The SMILES string of the molecule is CCN1CCCC1CNC(N)=NCc1ccc(F)cc1C(F)(F)F. The maximum absolute atomic E-state index is 13.1. The number of rotatable bonds is 5. The topological polar surface area (TPSA) is 53.6 Å². The number of nitrogens with zero attached hydrogens (tertiary/aromatic N) is 2. The average Bonchev–Trinajstić information content (AvgIpc) is 2.98. The molecule has 0 radical (unpaired) electrons. The summed E-state index contributed by atoms with van der Waals surface area (Å²) in [7, 11) is 0. The van der Waals surface area contributed by atoms with Crippen molar-refractivity contribution in [2.75, 3.05) is 19.6 Å². The summed E-state index contributed by atoms with van der Waals surface area (Å²) in [5.41, 5.74) is 4.61. The number of benzene rings is 1. The number of halogens is 4. The van der Waals surface area contributed by atoms with Crippen LogP contribution in [0.3, 0.4) is 0 Å². The lowest BCUT2D eigenvalue weighted by Gasteiger charge is -2.23. The van der Waals surface area contributed by atoms with Crippen molar-refractivity contribution in [2.24, 2.45) is 10.7 Å². The van der Waals surface area contributed by atoms with Crippen LogP contribution in [0.1, 0.15) is 30.9 Å². The Morgan fingerprint density at radius 3 is 2.83 bits per heavy atom. The molecule has 0 bridgehead atoms. The highest BCUT2D eigenvalue weighted by atomic mass is 19.4. The molecule has 0 amide bonds. The van der Waals surface area contributed by atoms with Crippen LogP contribution >= 0.6 is 0 Å². The van der Waals surface area contributed by atoms with Crippen LogP contribution in [0.25, 0.3) is 0 Å². The number of likely N-dealkylation sites (N-methyl/N-ethyl adjacent to an activating group) is 1. The summed E-state index contributed by atoms with van der Waals surface area (Å²) < 4.78 is 51.8. The third-order valence-electron chi connectivity index (χ3n) is 4.22. The minimum absolute atomic E-state index is 0.0930. The molecule has 2 rings (SSSR count). The van der Waals surface area contributed by atoms with E-state index in [9.17, 15) is 17.6 Å². The van der Waals surface area contributed by atoms with Gasteiger partial charge < -0.3 is 11.1 Å². The van der Waals surface area contributed by atoms with Crippen LogP contribution in [-0.2, 0) is 12.7 Å². The first kappa shape index (κ1) is 18.5. The van der Waals surface area contributed by atoms with E-state index in [0.717, 1.165) is 38.1 Å². The van der Waals surface area contributed by atoms with Crippen molar-refractivity contribution in [1.29, 1.82) is 0 Å². The fraction of sp³-hybridized carbons (Fsp3) is 0.562. The Morgan fingerprint density at radius 1 is 1.42 bits per heavy atom. The number of aliphatic imine (C=N–C) groups is 1. The Balaban J connectivity index is 1.97. The molecule has 3 N–H and O–H groups in total. The second kappa shape index (κ2) is 7.83. The molecular weight excluding hydrogens is 324 g/mol. The van der Waals surface area contributed by atoms with Gasteiger partial charge in [-0.15, -0.1) is 0 Å². The lowest BCUT2D eigenvalue weighted by atomic mass is 10.1. The molecule has 1 atom stereocenters. The summed E-state index contributed by atoms with van der Waals surface area (Å²) in [5, 5.41) is 2.96. The lowest BCUT2D eigenvalue weighted by molar-refractivity contribution is -0.138. The Kier molecular flexibility index (Phi) is 6.04. The number of guanidine groups is 1. The molecule has 1 fully saturated rings. The third kappa shape index (κ3) is 4.83. The Bertz CT molecular complexity index is 586. The Labute approximate surface area is 138 Å². The number of alkyl halides is 3. The van der Waals surface area contributed by atoms with Crippen molar-refractivity contribution in [3.05, 3.63) is 35.1 Å². The van der Waals surface area contributed by atoms with Crippen LogP contribution in [0.2, 0.25) is 0 Å². The van der Waals surface area contributed by atoms with E-state index >= 15 is 0 Å². The van der Waals surface area contributed by atoms with Crippen LogP contribution < -0.4 is 11.1 Å². The van der Waals surface area contributed by atoms with Crippen LogP contribution in [-0.4, -0.2) is 36.5 Å². The standard InChI is InChI=1S/C16H22F4N4/c1-2-24-7-3-4-13(24)10-23-15(21)22-9-11-5-6-12(17)8-14(11)16(18,19)20/h5-6,8,13H,2-4,7,9-10H2,1H3,(H3,21,22,23). The van der Waals surface area contributed by atoms with Gasteiger partial charge in [0.05, 0.1) is 12.1 Å². The van der Waals surface area contributed by atoms with Gasteiger partial charge in [-0.2, -0.15) is 13.2 Å². The molecule has 24 heavy (non-hydrogen) atoms. The maximum atomic E-state index is 13.1. The predicted molar refractivity (Wildman–Crippen MR) is 85.0 cm³/mol. The Morgan fingerprint density at radius 2 is 2.17 bits per heavy atom. The zero-order chi connectivity index (χ0) is 17.7. The van der Waals surface area contributed by atoms with Gasteiger partial charge in [-0.05, 0) is 43.6 Å². The average molecular weight is 346 g/mol. The molecule has 1 unspecified atom stereocenters. The van der Waals surface area contributed by atoms with Crippen molar-refractivity contribution in [3.63, 3.8) is 0 Å². The van der Waals surface area contributed by atoms with Crippen molar-refractivity contribution in [2.45, 2.75) is 38.5 Å². The first-order valence-electron chi connectivity index (χ1n) is 7.94. The van der Waals surface area contributed by atoms with Gasteiger partial charge in [0.15, 0.2) is 5.96 Å². The van der Waals surface area contributed by atoms with Crippen molar-refractivity contribution in [3.8, 4) is 0 Å². The van der Waals surface area contributed by atoms with Crippen molar-refractivity contribution < 1.29 is 17.6 Å². The molecule has 0 aromatic heterocycles. The van der Waals surface area contributed by atoms with E-state index in [2.05, 4.69) is 22.1 Å². The molecule has 1 aromatic rings. The fourth-order valence-electron chi connectivity index (χ4n) is 2.94. The zero-order valence-electron chi connectivity index (χ0n) is 13.5. The zero-order valence-corrected chi connectivity index (χ0v) is 13.5. The van der Waals surface area contributed by atoms with Crippen LogP contribution in [0.15, 0.2) is 23.2 Å². The number of nitrogens with one attached hydrogen (secondary N) is 1. The normalized spacial score (nSPS) is 19.7. The van der Waals surface area contributed by atoms with E-state index in [0.29, 0.717) is 18.7 Å². The van der Waals surface area contributed by atoms with Crippen LogP contribution in [0.5, 0.6) is 0 Å². The maximum Gasteiger partial charge on any atom is 0.416 e. The quantitative estimate of drug-likeness (QED) is 0.490. The number of likely N-dealkylation sites (tertiary alicyclic amines) is 1. The Hall–Kier alpha value is -1.83. The van der Waals surface area contributed by atoms with Gasteiger partial charge in [0.1, 0.15) is 5.82 Å². The number of nitrogens with two attached hydrogens (primary N) is 1. The number of hydrogen-bond donors (Lipinski definition) is 2. The summed E-state index contributed by atoms with van der Waals surface area (Å²) in [6, 6.07) is 2.92. The molecular formula is C16H22F4N4. The molecule has 8 heteroatoms. The highest BCUT2D eigenvalue weighted by molar-refractivity contribution is 5.77. The minimum atomic E-state index is -4.62. The van der Waals surface area contributed by atoms with E-state index in [4.69, 9.17) is 5.73 Å². The largest absolute Gasteiger partial charge is 0.416 e. The molecule has 1 aliphatic rings. The third-order valence-corrected chi connectivity index (χ3v) is 4.22. The molecule has 4 nitrogen and oxygen atoms in total. The minimum Gasteiger partial charge on any atom is -0.370 e. The molecule has 0 aliphatic carbocycles. The summed E-state index contributed by atoms with van der Waals surface area (Å²) >= 11 is 0. The van der Waals surface area contributed by atoms with Gasteiger partial charge in [-0.3, -0.25) is 4.90 Å². The molecule has 1 saturated heterocycles. The predicted octanol–water partition coefficient (Wildman–Crippen LogP) is 2.73. The van der Waals surface area contributed by atoms with Crippen molar-refractivity contribution in [1.82, 2.24) is 10.2 Å². The summed E-state index contributed by atoms with van der Waals surface area (Å²) in [6.07, 6.45) is -2.44. The molecule has 1 aliphatic heterocycles. The van der Waals surface area contributed by atoms with E-state index in [1.54, 1.807) is 0 Å². The molecule has 0 spiro atoms. The van der Waals surface area contributed by atoms with E-state index < -0.39 is 17.6 Å². The number of hydrogen-bond acceptors (Lipinski definition) is 2. The molecule has 1 aromatic carbocycles.